The van der Waals surface area contributed by atoms with Gasteiger partial charge in [-0.25, -0.2) is 13.2 Å². The lowest BCUT2D eigenvalue weighted by atomic mass is 10.2. The predicted molar refractivity (Wildman–Crippen MR) is 55.9 cm³/mol. The third-order valence-electron chi connectivity index (χ3n) is 1.63. The molecule has 0 spiro atoms. The highest BCUT2D eigenvalue weighted by atomic mass is 32.2. The van der Waals surface area contributed by atoms with Gasteiger partial charge in [0.1, 0.15) is 11.8 Å². The molecule has 1 atom stereocenters. The molecule has 0 aliphatic heterocycles. The van der Waals surface area contributed by atoms with Crippen LogP contribution in [-0.2, 0) is 29.0 Å². The average molecular weight is 267 g/mol. The average Bonchev–Trinajstić information content (AvgIpc) is 2.13. The van der Waals surface area contributed by atoms with Crippen LogP contribution >= 0.6 is 0 Å². The van der Waals surface area contributed by atoms with E-state index in [9.17, 15) is 22.8 Å². The second-order valence-electron chi connectivity index (χ2n) is 3.31. The van der Waals surface area contributed by atoms with Gasteiger partial charge in [0.25, 0.3) is 0 Å². The molecule has 0 saturated carbocycles. The summed E-state index contributed by atoms with van der Waals surface area (Å²) in [5.41, 5.74) is 0. The number of ether oxygens (including phenoxy) is 1. The first-order valence-corrected chi connectivity index (χ1v) is 6.48. The number of hydrogen-bond acceptors (Lipinski definition) is 6. The molecule has 0 saturated heterocycles. The molecule has 2 N–H and O–H groups in total. The van der Waals surface area contributed by atoms with Gasteiger partial charge in [0.2, 0.25) is 5.91 Å². The molecular formula is C8H13NO7S. The minimum atomic E-state index is -3.55. The Hall–Kier alpha value is -1.64. The minimum absolute atomic E-state index is 0.568. The summed E-state index contributed by atoms with van der Waals surface area (Å²) in [6, 6.07) is -1.50. The number of nitrogens with one attached hydrogen (secondary N) is 1. The molecule has 0 aliphatic rings. The molecule has 98 valence electrons. The Bertz CT molecular complexity index is 414. The predicted octanol–water partition coefficient (Wildman–Crippen LogP) is -1.84. The van der Waals surface area contributed by atoms with Crippen molar-refractivity contribution < 1.29 is 32.6 Å². The van der Waals surface area contributed by atoms with Gasteiger partial charge in [0.05, 0.1) is 13.5 Å². The Labute approximate surface area is 97.9 Å². The van der Waals surface area contributed by atoms with Gasteiger partial charge in [-0.05, 0) is 0 Å². The number of carbonyl (C=O) groups excluding carboxylic acids is 2. The number of esters is 1. The number of hydrogen-bond donors (Lipinski definition) is 2. The quantitative estimate of drug-likeness (QED) is 0.541. The summed E-state index contributed by atoms with van der Waals surface area (Å²) < 4.78 is 25.8. The highest BCUT2D eigenvalue weighted by Gasteiger charge is 2.24. The molecule has 0 fully saturated rings. The molecule has 0 aliphatic carbocycles. The van der Waals surface area contributed by atoms with E-state index in [1.54, 1.807) is 0 Å². The molecule has 0 aromatic carbocycles. The van der Waals surface area contributed by atoms with Crippen molar-refractivity contribution >= 4 is 27.7 Å². The number of carboxylic acid groups (broad SMARTS) is 1. The number of rotatable bonds is 6. The Morgan fingerprint density at radius 2 is 1.88 bits per heavy atom. The zero-order valence-electron chi connectivity index (χ0n) is 9.30. The van der Waals surface area contributed by atoms with Gasteiger partial charge in [0.15, 0.2) is 9.84 Å². The first-order valence-electron chi connectivity index (χ1n) is 4.42. The van der Waals surface area contributed by atoms with Crippen molar-refractivity contribution in [1.82, 2.24) is 5.32 Å². The molecule has 0 aromatic heterocycles. The minimum Gasteiger partial charge on any atom is -0.480 e. The molecule has 0 bridgehead atoms. The first kappa shape index (κ1) is 15.4. The third-order valence-corrected chi connectivity index (χ3v) is 2.41. The number of amides is 1. The second kappa shape index (κ2) is 6.18. The highest BCUT2D eigenvalue weighted by molar-refractivity contribution is 7.91. The Morgan fingerprint density at radius 1 is 1.35 bits per heavy atom. The van der Waals surface area contributed by atoms with E-state index in [0.29, 0.717) is 0 Å². The van der Waals surface area contributed by atoms with Crippen LogP contribution in [0.5, 0.6) is 0 Å². The summed E-state index contributed by atoms with van der Waals surface area (Å²) in [4.78, 5) is 32.7. The van der Waals surface area contributed by atoms with Crippen LogP contribution in [0.25, 0.3) is 0 Å². The lowest BCUT2D eigenvalue weighted by molar-refractivity contribution is -0.148. The van der Waals surface area contributed by atoms with Gasteiger partial charge < -0.3 is 15.2 Å². The maximum atomic E-state index is 11.1. The van der Waals surface area contributed by atoms with Gasteiger partial charge in [-0.3, -0.25) is 9.59 Å². The Kier molecular flexibility index (Phi) is 5.59. The fraction of sp³-hybridized carbons (Fsp3) is 0.625. The Morgan fingerprint density at radius 3 is 2.24 bits per heavy atom. The van der Waals surface area contributed by atoms with Crippen LogP contribution in [0.4, 0.5) is 0 Å². The van der Waals surface area contributed by atoms with Crippen LogP contribution in [0, 0.1) is 0 Å². The number of carboxylic acids is 1. The van der Waals surface area contributed by atoms with Gasteiger partial charge in [0, 0.05) is 6.26 Å². The van der Waals surface area contributed by atoms with Gasteiger partial charge in [-0.15, -0.1) is 0 Å². The van der Waals surface area contributed by atoms with E-state index in [1.807, 2.05) is 5.32 Å². The SMILES string of the molecule is COC(=O)C[C@H](NC(=O)CS(C)(=O)=O)C(=O)O. The van der Waals surface area contributed by atoms with Crippen molar-refractivity contribution in [1.29, 1.82) is 0 Å². The van der Waals surface area contributed by atoms with Gasteiger partial charge in [-0.1, -0.05) is 0 Å². The zero-order chi connectivity index (χ0) is 13.6. The van der Waals surface area contributed by atoms with Crippen LogP contribution in [0.2, 0.25) is 0 Å². The monoisotopic (exact) mass is 267 g/mol. The van der Waals surface area contributed by atoms with Crippen molar-refractivity contribution in [2.24, 2.45) is 0 Å². The number of sulfone groups is 1. The molecular weight excluding hydrogens is 254 g/mol. The van der Waals surface area contributed by atoms with E-state index in [4.69, 9.17) is 5.11 Å². The number of carbonyl (C=O) groups is 3. The smallest absolute Gasteiger partial charge is 0.326 e. The summed E-state index contributed by atoms with van der Waals surface area (Å²) in [6.07, 6.45) is 0.268. The van der Waals surface area contributed by atoms with Crippen LogP contribution in [-0.4, -0.2) is 56.5 Å². The molecule has 8 nitrogen and oxygen atoms in total. The van der Waals surface area contributed by atoms with Crippen molar-refractivity contribution in [3.63, 3.8) is 0 Å². The highest BCUT2D eigenvalue weighted by Crippen LogP contribution is 1.96. The molecule has 17 heavy (non-hydrogen) atoms. The first-order chi connectivity index (χ1) is 7.65. The summed E-state index contributed by atoms with van der Waals surface area (Å²) in [7, 11) is -2.48. The van der Waals surface area contributed by atoms with E-state index in [0.717, 1.165) is 13.4 Å². The maximum Gasteiger partial charge on any atom is 0.326 e. The van der Waals surface area contributed by atoms with E-state index in [-0.39, 0.29) is 0 Å². The van der Waals surface area contributed by atoms with Crippen LogP contribution in [0.15, 0.2) is 0 Å². The van der Waals surface area contributed by atoms with Crippen molar-refractivity contribution in [2.45, 2.75) is 12.5 Å². The lowest BCUT2D eigenvalue weighted by Gasteiger charge is -2.12. The topological polar surface area (TPSA) is 127 Å². The summed E-state index contributed by atoms with van der Waals surface area (Å²) in [5.74, 6) is -4.09. The molecule has 0 radical (unpaired) electrons. The molecule has 0 unspecified atom stereocenters. The normalized spacial score (nSPS) is 12.6. The lowest BCUT2D eigenvalue weighted by Crippen LogP contribution is -2.44. The largest absolute Gasteiger partial charge is 0.480 e. The van der Waals surface area contributed by atoms with E-state index in [1.165, 1.54) is 0 Å². The third kappa shape index (κ3) is 7.28. The maximum absolute atomic E-state index is 11.1. The summed E-state index contributed by atoms with van der Waals surface area (Å²) in [6.45, 7) is 0. The zero-order valence-corrected chi connectivity index (χ0v) is 10.1. The number of methoxy groups -OCH3 is 1. The summed E-state index contributed by atoms with van der Waals surface area (Å²) >= 11 is 0. The molecule has 0 aromatic rings. The second-order valence-corrected chi connectivity index (χ2v) is 5.45. The molecule has 9 heteroatoms. The van der Waals surface area contributed by atoms with Crippen molar-refractivity contribution in [2.75, 3.05) is 19.1 Å². The number of aliphatic carboxylic acids is 1. The van der Waals surface area contributed by atoms with Crippen molar-refractivity contribution in [3.8, 4) is 0 Å². The van der Waals surface area contributed by atoms with E-state index >= 15 is 0 Å². The van der Waals surface area contributed by atoms with Crippen LogP contribution < -0.4 is 5.32 Å². The fourth-order valence-corrected chi connectivity index (χ4v) is 1.48. The molecule has 0 rings (SSSR count). The standard InChI is InChI=1S/C8H13NO7S/c1-16-7(11)3-5(8(12)13)9-6(10)4-17(2,14)15/h5H,3-4H2,1-2H3,(H,9,10)(H,12,13)/t5-/m0/s1. The van der Waals surface area contributed by atoms with E-state index < -0.39 is 45.9 Å². The molecule has 0 heterocycles. The summed E-state index contributed by atoms with van der Waals surface area (Å²) in [5, 5.41) is 10.6. The van der Waals surface area contributed by atoms with Gasteiger partial charge in [-0.2, -0.15) is 0 Å². The van der Waals surface area contributed by atoms with Crippen molar-refractivity contribution in [3.05, 3.63) is 0 Å². The Balaban J connectivity index is 4.51. The van der Waals surface area contributed by atoms with Gasteiger partial charge >= 0.3 is 11.9 Å². The van der Waals surface area contributed by atoms with E-state index in [2.05, 4.69) is 4.74 Å². The fourth-order valence-electron chi connectivity index (χ4n) is 0.924. The molecule has 1 amide bonds. The van der Waals surface area contributed by atoms with Crippen LogP contribution in [0.1, 0.15) is 6.42 Å². The van der Waals surface area contributed by atoms with Crippen LogP contribution in [0.3, 0.4) is 0 Å².